The Labute approximate surface area is 72.4 Å². The lowest BCUT2D eigenvalue weighted by Gasteiger charge is -2.16. The van der Waals surface area contributed by atoms with Crippen LogP contribution in [0.15, 0.2) is 6.20 Å². The zero-order chi connectivity index (χ0) is 8.55. The van der Waals surface area contributed by atoms with Gasteiger partial charge in [-0.1, -0.05) is 6.92 Å². The fourth-order valence-corrected chi connectivity index (χ4v) is 2.05. The second kappa shape index (κ2) is 2.90. The van der Waals surface area contributed by atoms with Crippen molar-refractivity contribution in [1.82, 2.24) is 10.2 Å². The standard InChI is InChI=1S/C9H15N3/c1-6(4-10)7-2-3-9-8(7)5-11-12-9/h5-7H,2-4,10H2,1H3,(H,11,12). The number of fused-ring (bicyclic) bond motifs is 1. The van der Waals surface area contributed by atoms with E-state index in [0.29, 0.717) is 11.8 Å². The van der Waals surface area contributed by atoms with E-state index in [0.717, 1.165) is 13.0 Å². The van der Waals surface area contributed by atoms with Crippen molar-refractivity contribution in [3.8, 4) is 0 Å². The van der Waals surface area contributed by atoms with Gasteiger partial charge in [-0.2, -0.15) is 5.10 Å². The minimum atomic E-state index is 0.587. The molecule has 0 amide bonds. The molecule has 3 N–H and O–H groups in total. The minimum Gasteiger partial charge on any atom is -0.330 e. The Bertz CT molecular complexity index is 266. The topological polar surface area (TPSA) is 54.7 Å². The van der Waals surface area contributed by atoms with Crippen LogP contribution in [-0.4, -0.2) is 16.7 Å². The number of hydrogen-bond donors (Lipinski definition) is 2. The van der Waals surface area contributed by atoms with Crippen LogP contribution in [0.1, 0.15) is 30.5 Å². The summed E-state index contributed by atoms with van der Waals surface area (Å²) in [6.07, 6.45) is 4.34. The fourth-order valence-electron chi connectivity index (χ4n) is 2.05. The Balaban J connectivity index is 2.22. The first-order valence-electron chi connectivity index (χ1n) is 4.55. The Morgan fingerprint density at radius 2 is 2.67 bits per heavy atom. The van der Waals surface area contributed by atoms with Gasteiger partial charge in [0.05, 0.1) is 6.20 Å². The van der Waals surface area contributed by atoms with E-state index in [1.165, 1.54) is 17.7 Å². The van der Waals surface area contributed by atoms with Crippen LogP contribution in [0.25, 0.3) is 0 Å². The van der Waals surface area contributed by atoms with Crippen molar-refractivity contribution in [3.05, 3.63) is 17.5 Å². The second-order valence-electron chi connectivity index (χ2n) is 3.66. The lowest BCUT2D eigenvalue weighted by Crippen LogP contribution is -2.17. The quantitative estimate of drug-likeness (QED) is 0.687. The maximum Gasteiger partial charge on any atom is 0.0525 e. The third kappa shape index (κ3) is 1.05. The zero-order valence-electron chi connectivity index (χ0n) is 7.38. The summed E-state index contributed by atoms with van der Waals surface area (Å²) in [6.45, 7) is 2.99. The van der Waals surface area contributed by atoms with E-state index in [1.807, 2.05) is 6.20 Å². The van der Waals surface area contributed by atoms with Crippen LogP contribution in [0.2, 0.25) is 0 Å². The molecule has 0 radical (unpaired) electrons. The first-order chi connectivity index (χ1) is 5.83. The van der Waals surface area contributed by atoms with Crippen LogP contribution in [-0.2, 0) is 6.42 Å². The van der Waals surface area contributed by atoms with Gasteiger partial charge in [-0.15, -0.1) is 0 Å². The van der Waals surface area contributed by atoms with Crippen LogP contribution in [0.3, 0.4) is 0 Å². The molecule has 1 aliphatic carbocycles. The van der Waals surface area contributed by atoms with Gasteiger partial charge in [0, 0.05) is 5.69 Å². The second-order valence-corrected chi connectivity index (χ2v) is 3.66. The molecule has 0 spiro atoms. The van der Waals surface area contributed by atoms with Gasteiger partial charge >= 0.3 is 0 Å². The number of aromatic nitrogens is 2. The van der Waals surface area contributed by atoms with E-state index >= 15 is 0 Å². The molecule has 0 bridgehead atoms. The predicted molar refractivity (Wildman–Crippen MR) is 47.9 cm³/mol. The van der Waals surface area contributed by atoms with Gasteiger partial charge < -0.3 is 5.73 Å². The summed E-state index contributed by atoms with van der Waals surface area (Å²) < 4.78 is 0. The number of aromatic amines is 1. The summed E-state index contributed by atoms with van der Waals surface area (Å²) in [4.78, 5) is 0. The van der Waals surface area contributed by atoms with Gasteiger partial charge in [-0.05, 0) is 36.8 Å². The molecule has 2 unspecified atom stereocenters. The van der Waals surface area contributed by atoms with Crippen molar-refractivity contribution in [3.63, 3.8) is 0 Å². The van der Waals surface area contributed by atoms with Crippen molar-refractivity contribution in [1.29, 1.82) is 0 Å². The number of H-pyrrole nitrogens is 1. The highest BCUT2D eigenvalue weighted by atomic mass is 15.1. The molecule has 3 nitrogen and oxygen atoms in total. The van der Waals surface area contributed by atoms with Gasteiger partial charge in [-0.25, -0.2) is 0 Å². The summed E-state index contributed by atoms with van der Waals surface area (Å²) in [5.74, 6) is 1.23. The molecule has 1 aromatic rings. The highest BCUT2D eigenvalue weighted by Gasteiger charge is 2.27. The van der Waals surface area contributed by atoms with Crippen molar-refractivity contribution >= 4 is 0 Å². The molecule has 0 saturated carbocycles. The molecule has 2 atom stereocenters. The molecule has 66 valence electrons. The van der Waals surface area contributed by atoms with Crippen molar-refractivity contribution < 1.29 is 0 Å². The minimum absolute atomic E-state index is 0.587. The lowest BCUT2D eigenvalue weighted by atomic mass is 9.90. The van der Waals surface area contributed by atoms with E-state index in [4.69, 9.17) is 5.73 Å². The highest BCUT2D eigenvalue weighted by molar-refractivity contribution is 5.27. The predicted octanol–water partition coefficient (Wildman–Crippen LogP) is 1.03. The number of nitrogens with one attached hydrogen (secondary N) is 1. The third-order valence-electron chi connectivity index (χ3n) is 2.92. The Kier molecular flexibility index (Phi) is 1.89. The van der Waals surface area contributed by atoms with Gasteiger partial charge in [0.25, 0.3) is 0 Å². The molecule has 0 fully saturated rings. The number of aryl methyl sites for hydroxylation is 1. The van der Waals surface area contributed by atoms with Crippen LogP contribution in [0.5, 0.6) is 0 Å². The Hall–Kier alpha value is -0.830. The summed E-state index contributed by atoms with van der Waals surface area (Å²) >= 11 is 0. The van der Waals surface area contributed by atoms with Gasteiger partial charge in [-0.3, -0.25) is 5.10 Å². The van der Waals surface area contributed by atoms with Crippen LogP contribution in [0, 0.1) is 5.92 Å². The van der Waals surface area contributed by atoms with Crippen molar-refractivity contribution in [2.75, 3.05) is 6.54 Å². The number of hydrogen-bond acceptors (Lipinski definition) is 2. The molecule has 1 aliphatic rings. The first-order valence-corrected chi connectivity index (χ1v) is 4.55. The van der Waals surface area contributed by atoms with Crippen molar-refractivity contribution in [2.24, 2.45) is 11.7 Å². The molecule has 0 saturated heterocycles. The van der Waals surface area contributed by atoms with E-state index in [-0.39, 0.29) is 0 Å². The Morgan fingerprint density at radius 1 is 1.83 bits per heavy atom. The molecule has 1 heterocycles. The molecule has 3 heteroatoms. The summed E-state index contributed by atoms with van der Waals surface area (Å²) in [5, 5.41) is 7.08. The smallest absolute Gasteiger partial charge is 0.0525 e. The zero-order valence-corrected chi connectivity index (χ0v) is 7.38. The van der Waals surface area contributed by atoms with E-state index in [2.05, 4.69) is 17.1 Å². The first kappa shape index (κ1) is 7.80. The number of rotatable bonds is 2. The normalized spacial score (nSPS) is 24.0. The highest BCUT2D eigenvalue weighted by Crippen LogP contribution is 2.36. The van der Waals surface area contributed by atoms with E-state index in [1.54, 1.807) is 0 Å². The molecule has 12 heavy (non-hydrogen) atoms. The third-order valence-corrected chi connectivity index (χ3v) is 2.92. The van der Waals surface area contributed by atoms with Crippen molar-refractivity contribution in [2.45, 2.75) is 25.7 Å². The average molecular weight is 165 g/mol. The van der Waals surface area contributed by atoms with Crippen LogP contribution >= 0.6 is 0 Å². The van der Waals surface area contributed by atoms with Crippen LogP contribution in [0.4, 0.5) is 0 Å². The van der Waals surface area contributed by atoms with E-state index < -0.39 is 0 Å². The van der Waals surface area contributed by atoms with Gasteiger partial charge in [0.15, 0.2) is 0 Å². The number of nitrogens with two attached hydrogens (primary N) is 1. The average Bonchev–Trinajstić information content (AvgIpc) is 2.62. The maximum atomic E-state index is 5.65. The SMILES string of the molecule is CC(CN)C1CCc2[nH]ncc21. The Morgan fingerprint density at radius 3 is 3.42 bits per heavy atom. The van der Waals surface area contributed by atoms with Gasteiger partial charge in [0.2, 0.25) is 0 Å². The summed E-state index contributed by atoms with van der Waals surface area (Å²) in [5.41, 5.74) is 8.36. The molecular formula is C9H15N3. The number of nitrogens with zero attached hydrogens (tertiary/aromatic N) is 1. The molecule has 0 aromatic carbocycles. The fraction of sp³-hybridized carbons (Fsp3) is 0.667. The van der Waals surface area contributed by atoms with E-state index in [9.17, 15) is 0 Å². The lowest BCUT2D eigenvalue weighted by molar-refractivity contribution is 0.465. The molecule has 2 rings (SSSR count). The van der Waals surface area contributed by atoms with Crippen LogP contribution < -0.4 is 5.73 Å². The van der Waals surface area contributed by atoms with Gasteiger partial charge in [0.1, 0.15) is 0 Å². The summed E-state index contributed by atoms with van der Waals surface area (Å²) in [7, 11) is 0. The summed E-state index contributed by atoms with van der Waals surface area (Å²) in [6, 6.07) is 0. The molecular weight excluding hydrogens is 150 g/mol. The largest absolute Gasteiger partial charge is 0.330 e. The monoisotopic (exact) mass is 165 g/mol. The maximum absolute atomic E-state index is 5.65. The molecule has 1 aromatic heterocycles. The molecule has 0 aliphatic heterocycles.